The maximum absolute atomic E-state index is 11.5. The van der Waals surface area contributed by atoms with Gasteiger partial charge in [0.25, 0.3) is 0 Å². The second-order valence-electron chi connectivity index (χ2n) is 7.56. The lowest BCUT2D eigenvalue weighted by atomic mass is 10.00. The highest BCUT2D eigenvalue weighted by molar-refractivity contribution is 6.35. The van der Waals surface area contributed by atoms with Gasteiger partial charge in [-0.3, -0.25) is 0 Å². The van der Waals surface area contributed by atoms with Crippen LogP contribution in [-0.2, 0) is 0 Å². The minimum absolute atomic E-state index is 0.177. The van der Waals surface area contributed by atoms with Crippen LogP contribution in [0.3, 0.4) is 0 Å². The summed E-state index contributed by atoms with van der Waals surface area (Å²) in [6, 6.07) is 18.4. The van der Waals surface area contributed by atoms with Crippen molar-refractivity contribution in [3.8, 4) is 11.5 Å². The Labute approximate surface area is 196 Å². The molecule has 6 nitrogen and oxygen atoms in total. The van der Waals surface area contributed by atoms with Crippen LogP contribution in [0.1, 0.15) is 11.6 Å². The van der Waals surface area contributed by atoms with Crippen LogP contribution in [0.2, 0.25) is 10.0 Å². The number of ether oxygens (including phenoxy) is 2. The first-order valence-electron chi connectivity index (χ1n) is 10.0. The second kappa shape index (κ2) is 8.04. The second-order valence-corrected chi connectivity index (χ2v) is 8.43. The van der Waals surface area contributed by atoms with Crippen LogP contribution in [0.25, 0.3) is 0 Å². The summed E-state index contributed by atoms with van der Waals surface area (Å²) in [7, 11) is 3.18. The molecule has 0 fully saturated rings. The minimum atomic E-state index is -0.502. The fraction of sp³-hybridized carbons (Fsp3) is 0.167. The average Bonchev–Trinajstić information content (AvgIpc) is 3.17. The van der Waals surface area contributed by atoms with E-state index in [-0.39, 0.29) is 5.76 Å². The number of nitrogens with one attached hydrogen (secondary N) is 1. The number of anilines is 3. The van der Waals surface area contributed by atoms with Gasteiger partial charge in [-0.05, 0) is 48.0 Å². The molecule has 2 heterocycles. The van der Waals surface area contributed by atoms with E-state index in [4.69, 9.17) is 32.7 Å². The molecule has 0 saturated carbocycles. The average molecular weight is 470 g/mol. The molecule has 5 rings (SSSR count). The van der Waals surface area contributed by atoms with E-state index in [0.717, 1.165) is 22.6 Å². The van der Waals surface area contributed by atoms with Gasteiger partial charge in [0.1, 0.15) is 6.04 Å². The maximum atomic E-state index is 11.5. The molecule has 3 aromatic rings. The first-order valence-corrected chi connectivity index (χ1v) is 10.8. The van der Waals surface area contributed by atoms with E-state index in [0.29, 0.717) is 34.0 Å². The summed E-state index contributed by atoms with van der Waals surface area (Å²) in [6.45, 7) is 0.471. The zero-order valence-electron chi connectivity index (χ0n) is 17.5. The summed E-state index contributed by atoms with van der Waals surface area (Å²) < 4.78 is 10.9. The van der Waals surface area contributed by atoms with E-state index in [2.05, 4.69) is 10.2 Å². The normalized spacial score (nSPS) is 17.1. The molecule has 0 bridgehead atoms. The molecule has 1 atom stereocenters. The van der Waals surface area contributed by atoms with Crippen molar-refractivity contribution in [2.45, 2.75) is 6.04 Å². The summed E-state index contributed by atoms with van der Waals surface area (Å²) in [5.74, 6) is 2.02. The highest BCUT2D eigenvalue weighted by Gasteiger charge is 2.40. The van der Waals surface area contributed by atoms with Crippen molar-refractivity contribution in [1.82, 2.24) is 0 Å². The number of halogens is 2. The van der Waals surface area contributed by atoms with Crippen LogP contribution in [0.5, 0.6) is 11.5 Å². The van der Waals surface area contributed by atoms with Gasteiger partial charge < -0.3 is 29.7 Å². The van der Waals surface area contributed by atoms with E-state index >= 15 is 0 Å². The van der Waals surface area contributed by atoms with Gasteiger partial charge in [0.2, 0.25) is 0 Å². The molecule has 0 radical (unpaired) electrons. The summed E-state index contributed by atoms with van der Waals surface area (Å²) in [6.07, 6.45) is 0. The zero-order valence-corrected chi connectivity index (χ0v) is 19.0. The number of hydrogen-bond acceptors (Lipinski definition) is 6. The van der Waals surface area contributed by atoms with Crippen LogP contribution in [0.4, 0.5) is 17.1 Å². The molecule has 2 aliphatic rings. The van der Waals surface area contributed by atoms with Gasteiger partial charge in [-0.1, -0.05) is 41.4 Å². The van der Waals surface area contributed by atoms with Crippen LogP contribution in [0.15, 0.2) is 72.2 Å². The van der Waals surface area contributed by atoms with Gasteiger partial charge in [0.05, 0.1) is 32.3 Å². The smallest absolute Gasteiger partial charge is 0.161 e. The fourth-order valence-electron chi connectivity index (χ4n) is 4.29. The molecule has 2 aliphatic heterocycles. The molecule has 0 spiro atoms. The Hall–Kier alpha value is -3.22. The third kappa shape index (κ3) is 3.36. The number of fused-ring (bicyclic) bond motifs is 3. The Morgan fingerprint density at radius 2 is 1.66 bits per heavy atom. The molecule has 2 N–H and O–H groups in total. The standard InChI is InChI=1S/C24H21Cl2N3O3/c1-31-20-8-7-14(9-21(20)32-2)22-23(30)24-27-18-5-3-4-6-19(18)29(24)13-28(22)17-11-15(25)10-16(26)12-17/h3-12,22,27,30H,13H2,1-2H3/t22-/m1/s1. The van der Waals surface area contributed by atoms with Gasteiger partial charge in [-0.25, -0.2) is 0 Å². The van der Waals surface area contributed by atoms with Gasteiger partial charge in [0, 0.05) is 15.7 Å². The van der Waals surface area contributed by atoms with Crippen molar-refractivity contribution in [3.05, 3.63) is 87.9 Å². The van der Waals surface area contributed by atoms with Crippen LogP contribution >= 0.6 is 23.2 Å². The Balaban J connectivity index is 1.69. The highest BCUT2D eigenvalue weighted by Crippen LogP contribution is 2.46. The summed E-state index contributed by atoms with van der Waals surface area (Å²) in [5, 5.41) is 15.9. The fourth-order valence-corrected chi connectivity index (χ4v) is 4.80. The molecule has 8 heteroatoms. The number of benzene rings is 3. The molecule has 32 heavy (non-hydrogen) atoms. The maximum Gasteiger partial charge on any atom is 0.161 e. The predicted octanol–water partition coefficient (Wildman–Crippen LogP) is 6.19. The van der Waals surface area contributed by atoms with Crippen molar-refractivity contribution in [2.24, 2.45) is 0 Å². The van der Waals surface area contributed by atoms with Crippen LogP contribution < -0.4 is 24.6 Å². The topological polar surface area (TPSA) is 57.2 Å². The van der Waals surface area contributed by atoms with Crippen molar-refractivity contribution < 1.29 is 14.6 Å². The minimum Gasteiger partial charge on any atom is -0.506 e. The highest BCUT2D eigenvalue weighted by atomic mass is 35.5. The van der Waals surface area contributed by atoms with E-state index in [9.17, 15) is 5.11 Å². The molecule has 0 aromatic heterocycles. The third-order valence-electron chi connectivity index (χ3n) is 5.73. The van der Waals surface area contributed by atoms with Crippen molar-refractivity contribution in [1.29, 1.82) is 0 Å². The monoisotopic (exact) mass is 469 g/mol. The Morgan fingerprint density at radius 1 is 0.938 bits per heavy atom. The van der Waals surface area contributed by atoms with E-state index < -0.39 is 6.04 Å². The van der Waals surface area contributed by atoms with Gasteiger partial charge in [-0.2, -0.15) is 0 Å². The lowest BCUT2D eigenvalue weighted by Gasteiger charge is -2.42. The Kier molecular flexibility index (Phi) is 5.19. The number of rotatable bonds is 4. The number of nitrogens with zero attached hydrogens (tertiary/aromatic N) is 2. The van der Waals surface area contributed by atoms with Gasteiger partial charge >= 0.3 is 0 Å². The van der Waals surface area contributed by atoms with Gasteiger partial charge in [-0.15, -0.1) is 0 Å². The number of methoxy groups -OCH3 is 2. The molecule has 0 aliphatic carbocycles. The van der Waals surface area contributed by atoms with Crippen LogP contribution in [0, 0.1) is 0 Å². The largest absolute Gasteiger partial charge is 0.506 e. The molecule has 0 amide bonds. The van der Waals surface area contributed by atoms with Crippen molar-refractivity contribution >= 4 is 40.3 Å². The van der Waals surface area contributed by atoms with E-state index in [1.807, 2.05) is 59.5 Å². The predicted molar refractivity (Wildman–Crippen MR) is 128 cm³/mol. The molecule has 0 saturated heterocycles. The molecule has 164 valence electrons. The van der Waals surface area contributed by atoms with E-state index in [1.165, 1.54) is 0 Å². The van der Waals surface area contributed by atoms with E-state index in [1.54, 1.807) is 20.3 Å². The van der Waals surface area contributed by atoms with Crippen molar-refractivity contribution in [3.63, 3.8) is 0 Å². The molecular formula is C24H21Cl2N3O3. The first kappa shape index (κ1) is 20.7. The number of aliphatic hydroxyl groups excluding tert-OH is 1. The Bertz CT molecular complexity index is 1210. The lowest BCUT2D eigenvalue weighted by molar-refractivity contribution is 0.338. The number of hydrogen-bond donors (Lipinski definition) is 2. The summed E-state index contributed by atoms with van der Waals surface area (Å²) >= 11 is 12.7. The molecule has 0 unspecified atom stereocenters. The quantitative estimate of drug-likeness (QED) is 0.475. The first-order chi connectivity index (χ1) is 15.5. The SMILES string of the molecule is COc1ccc([C@@H]2C(O)=C3Nc4ccccc4N3CN2c2cc(Cl)cc(Cl)c2)cc1OC. The number of para-hydroxylation sites is 2. The third-order valence-corrected chi connectivity index (χ3v) is 6.16. The van der Waals surface area contributed by atoms with Crippen LogP contribution in [-0.4, -0.2) is 26.0 Å². The number of aliphatic hydroxyl groups is 1. The summed E-state index contributed by atoms with van der Waals surface area (Å²) in [4.78, 5) is 4.10. The molecule has 3 aromatic carbocycles. The summed E-state index contributed by atoms with van der Waals surface area (Å²) in [5.41, 5.74) is 3.54. The van der Waals surface area contributed by atoms with Gasteiger partial charge in [0.15, 0.2) is 23.1 Å². The lowest BCUT2D eigenvalue weighted by Crippen LogP contribution is -2.46. The zero-order chi connectivity index (χ0) is 22.4. The Morgan fingerprint density at radius 3 is 2.38 bits per heavy atom. The van der Waals surface area contributed by atoms with Crippen molar-refractivity contribution in [2.75, 3.05) is 36.0 Å². The molecular weight excluding hydrogens is 449 g/mol.